The van der Waals surface area contributed by atoms with E-state index in [9.17, 15) is 0 Å². The van der Waals surface area contributed by atoms with Crippen molar-refractivity contribution in [1.82, 2.24) is 4.98 Å². The van der Waals surface area contributed by atoms with Crippen LogP contribution in [0.25, 0.3) is 0 Å². The number of oxazole rings is 1. The molecule has 0 aliphatic heterocycles. The molecule has 1 aromatic heterocycles. The van der Waals surface area contributed by atoms with Gasteiger partial charge in [-0.1, -0.05) is 0 Å². The molecule has 0 bridgehead atoms. The van der Waals surface area contributed by atoms with Crippen LogP contribution in [-0.2, 0) is 0 Å². The highest BCUT2D eigenvalue weighted by Gasteiger charge is 2.00. The molecule has 1 heterocycles. The van der Waals surface area contributed by atoms with Gasteiger partial charge in [0.1, 0.15) is 6.20 Å². The van der Waals surface area contributed by atoms with Crippen LogP contribution in [-0.4, -0.2) is 19.2 Å². The van der Waals surface area contributed by atoms with Crippen molar-refractivity contribution in [3.05, 3.63) is 6.20 Å². The fourth-order valence-corrected chi connectivity index (χ4v) is 0.433. The van der Waals surface area contributed by atoms with Gasteiger partial charge < -0.3 is 13.9 Å². The molecular weight excluding hydrogens is 122 g/mol. The second-order valence-electron chi connectivity index (χ2n) is 1.35. The van der Waals surface area contributed by atoms with E-state index in [1.165, 1.54) is 20.4 Å². The minimum absolute atomic E-state index is 0.215. The molecule has 0 radical (unpaired) electrons. The molecule has 4 heteroatoms. The molecule has 0 N–H and O–H groups in total. The molecule has 0 spiro atoms. The third-order valence-corrected chi connectivity index (χ3v) is 0.839. The minimum Gasteiger partial charge on any atom is -0.467 e. The molecule has 0 saturated heterocycles. The van der Waals surface area contributed by atoms with Gasteiger partial charge in [-0.25, -0.2) is 0 Å². The van der Waals surface area contributed by atoms with Crippen molar-refractivity contribution in [1.29, 1.82) is 0 Å². The highest BCUT2D eigenvalue weighted by atomic mass is 16.6. The van der Waals surface area contributed by atoms with Crippen LogP contribution in [0.3, 0.4) is 0 Å². The van der Waals surface area contributed by atoms with Crippen LogP contribution in [0, 0.1) is 0 Å². The van der Waals surface area contributed by atoms with Crippen molar-refractivity contribution < 1.29 is 13.9 Å². The maximum absolute atomic E-state index is 4.83. The summed E-state index contributed by atoms with van der Waals surface area (Å²) in [5.41, 5.74) is 0. The number of ether oxygens (including phenoxy) is 2. The van der Waals surface area contributed by atoms with Gasteiger partial charge in [0.25, 0.3) is 0 Å². The van der Waals surface area contributed by atoms with Gasteiger partial charge in [0.15, 0.2) is 0 Å². The van der Waals surface area contributed by atoms with Crippen LogP contribution in [0.2, 0.25) is 0 Å². The summed E-state index contributed by atoms with van der Waals surface area (Å²) in [6, 6.07) is 0. The Bertz CT molecular complexity index is 166. The smallest absolute Gasteiger partial charge is 0.396 e. The van der Waals surface area contributed by atoms with Crippen molar-refractivity contribution >= 4 is 0 Å². The lowest BCUT2D eigenvalue weighted by atomic mass is 10.9. The Morgan fingerprint density at radius 1 is 1.44 bits per heavy atom. The maximum Gasteiger partial charge on any atom is 0.396 e. The van der Waals surface area contributed by atoms with E-state index in [1.807, 2.05) is 0 Å². The van der Waals surface area contributed by atoms with Gasteiger partial charge in [0, 0.05) is 0 Å². The lowest BCUT2D eigenvalue weighted by molar-refractivity contribution is 0.237. The Hall–Kier alpha value is -1.19. The Balaban J connectivity index is 2.74. The Morgan fingerprint density at radius 2 is 2.22 bits per heavy atom. The lowest BCUT2D eigenvalue weighted by Gasteiger charge is -1.88. The van der Waals surface area contributed by atoms with Crippen molar-refractivity contribution in [2.24, 2.45) is 0 Å². The molecule has 0 aromatic carbocycles. The Labute approximate surface area is 52.4 Å². The van der Waals surface area contributed by atoms with Crippen LogP contribution in [0.4, 0.5) is 0 Å². The first-order valence-corrected chi connectivity index (χ1v) is 2.40. The topological polar surface area (TPSA) is 44.5 Å². The average molecular weight is 129 g/mol. The predicted molar refractivity (Wildman–Crippen MR) is 29.6 cm³/mol. The summed E-state index contributed by atoms with van der Waals surface area (Å²) in [6.45, 7) is 0. The van der Waals surface area contributed by atoms with Gasteiger partial charge in [0.2, 0.25) is 0 Å². The fraction of sp³-hybridized carbons (Fsp3) is 0.400. The van der Waals surface area contributed by atoms with Crippen molar-refractivity contribution in [2.75, 3.05) is 14.2 Å². The van der Waals surface area contributed by atoms with Crippen LogP contribution < -0.4 is 9.47 Å². The summed E-state index contributed by atoms with van der Waals surface area (Å²) < 4.78 is 14.2. The molecule has 1 aromatic rings. The van der Waals surface area contributed by atoms with Gasteiger partial charge >= 0.3 is 12.0 Å². The summed E-state index contributed by atoms with van der Waals surface area (Å²) in [5.74, 6) is 0.354. The molecule has 0 fully saturated rings. The van der Waals surface area contributed by atoms with E-state index < -0.39 is 0 Å². The van der Waals surface area contributed by atoms with E-state index in [0.717, 1.165) is 0 Å². The van der Waals surface area contributed by atoms with Crippen LogP contribution >= 0.6 is 0 Å². The van der Waals surface area contributed by atoms with Crippen molar-refractivity contribution in [3.63, 3.8) is 0 Å². The van der Waals surface area contributed by atoms with E-state index in [1.54, 1.807) is 0 Å². The molecule has 0 aliphatic carbocycles. The molecule has 1 rings (SSSR count). The summed E-state index contributed by atoms with van der Waals surface area (Å²) in [7, 11) is 2.98. The monoisotopic (exact) mass is 129 g/mol. The first-order valence-electron chi connectivity index (χ1n) is 2.40. The third kappa shape index (κ3) is 1.13. The molecule has 0 saturated carbocycles. The van der Waals surface area contributed by atoms with Crippen LogP contribution in [0.15, 0.2) is 10.6 Å². The standard InChI is InChI=1S/C5H7NO3/c1-7-4-3-6-5(8-2)9-4/h3H,1-2H3. The quantitative estimate of drug-likeness (QED) is 0.589. The molecule has 0 aliphatic rings. The maximum atomic E-state index is 4.83. The van der Waals surface area contributed by atoms with E-state index in [2.05, 4.69) is 14.5 Å². The third-order valence-electron chi connectivity index (χ3n) is 0.839. The van der Waals surface area contributed by atoms with Crippen LogP contribution in [0.5, 0.6) is 12.0 Å². The van der Waals surface area contributed by atoms with Crippen LogP contribution in [0.1, 0.15) is 0 Å². The van der Waals surface area contributed by atoms with Gasteiger partial charge in [-0.2, -0.15) is 4.98 Å². The first-order chi connectivity index (χ1) is 4.36. The number of hydrogen-bond donors (Lipinski definition) is 0. The summed E-state index contributed by atoms with van der Waals surface area (Å²) in [5, 5.41) is 0. The summed E-state index contributed by atoms with van der Waals surface area (Å²) >= 11 is 0. The van der Waals surface area contributed by atoms with E-state index >= 15 is 0 Å². The second-order valence-corrected chi connectivity index (χ2v) is 1.35. The number of methoxy groups -OCH3 is 2. The SMILES string of the molecule is COc1cnc(OC)o1. The molecular formula is C5H7NO3. The Morgan fingerprint density at radius 3 is 2.56 bits per heavy atom. The zero-order chi connectivity index (χ0) is 6.69. The minimum atomic E-state index is 0.215. The van der Waals surface area contributed by atoms with Crippen molar-refractivity contribution in [2.45, 2.75) is 0 Å². The van der Waals surface area contributed by atoms with Gasteiger partial charge in [-0.3, -0.25) is 0 Å². The second kappa shape index (κ2) is 2.39. The van der Waals surface area contributed by atoms with Gasteiger partial charge in [-0.05, 0) is 0 Å². The highest BCUT2D eigenvalue weighted by Crippen LogP contribution is 2.16. The highest BCUT2D eigenvalue weighted by molar-refractivity contribution is 5.01. The van der Waals surface area contributed by atoms with Gasteiger partial charge in [-0.15, -0.1) is 0 Å². The average Bonchev–Trinajstić information content (AvgIpc) is 2.34. The molecule has 0 atom stereocenters. The number of rotatable bonds is 2. The summed E-state index contributed by atoms with van der Waals surface area (Å²) in [6.07, 6.45) is 1.66. The van der Waals surface area contributed by atoms with E-state index in [0.29, 0.717) is 5.95 Å². The van der Waals surface area contributed by atoms with E-state index in [-0.39, 0.29) is 6.08 Å². The van der Waals surface area contributed by atoms with Crippen molar-refractivity contribution in [3.8, 4) is 12.0 Å². The zero-order valence-corrected chi connectivity index (χ0v) is 5.25. The first kappa shape index (κ1) is 5.94. The number of hydrogen-bond acceptors (Lipinski definition) is 4. The number of aromatic nitrogens is 1. The number of nitrogens with zero attached hydrogens (tertiary/aromatic N) is 1. The molecule has 4 nitrogen and oxygen atoms in total. The van der Waals surface area contributed by atoms with E-state index in [4.69, 9.17) is 4.42 Å². The molecule has 0 unspecified atom stereocenters. The normalized spacial score (nSPS) is 9.11. The predicted octanol–water partition coefficient (Wildman–Crippen LogP) is 0.692. The van der Waals surface area contributed by atoms with Gasteiger partial charge in [0.05, 0.1) is 14.2 Å². The molecule has 9 heavy (non-hydrogen) atoms. The fourth-order valence-electron chi connectivity index (χ4n) is 0.433. The lowest BCUT2D eigenvalue weighted by Crippen LogP contribution is -1.79. The molecule has 50 valence electrons. The molecule has 0 amide bonds. The largest absolute Gasteiger partial charge is 0.467 e. The summed E-state index contributed by atoms with van der Waals surface area (Å²) in [4.78, 5) is 3.69. The zero-order valence-electron chi connectivity index (χ0n) is 5.25. The Kier molecular flexibility index (Phi) is 1.58.